The van der Waals surface area contributed by atoms with Gasteiger partial charge in [0.2, 0.25) is 0 Å². The van der Waals surface area contributed by atoms with E-state index in [0.717, 1.165) is 3.57 Å². The van der Waals surface area contributed by atoms with E-state index in [1.165, 1.54) is 11.6 Å². The number of carbonyl (C=O) groups is 1. The summed E-state index contributed by atoms with van der Waals surface area (Å²) in [5.74, 6) is -0.283. The Bertz CT molecular complexity index is 764. The average Bonchev–Trinajstić information content (AvgIpc) is 2.49. The van der Waals surface area contributed by atoms with E-state index in [9.17, 15) is 9.18 Å². The molecule has 0 heterocycles. The van der Waals surface area contributed by atoms with Crippen molar-refractivity contribution in [2.75, 3.05) is 5.32 Å². The van der Waals surface area contributed by atoms with Gasteiger partial charge in [-0.2, -0.15) is 0 Å². The third kappa shape index (κ3) is 5.17. The first-order chi connectivity index (χ1) is 11.5. The third-order valence-corrected chi connectivity index (χ3v) is 4.49. The quantitative estimate of drug-likeness (QED) is 0.617. The van der Waals surface area contributed by atoms with E-state index in [1.807, 2.05) is 46.9 Å². The second-order valence-electron chi connectivity index (χ2n) is 7.47. The Balaban J connectivity index is 2.11. The second-order valence-corrected chi connectivity index (χ2v) is 8.71. The van der Waals surface area contributed by atoms with Crippen LogP contribution in [0.1, 0.15) is 40.2 Å². The monoisotopic (exact) mass is 455 g/mol. The van der Waals surface area contributed by atoms with Gasteiger partial charge in [-0.25, -0.2) is 4.39 Å². The summed E-state index contributed by atoms with van der Waals surface area (Å²) < 4.78 is 20.5. The van der Waals surface area contributed by atoms with Crippen molar-refractivity contribution in [3.05, 3.63) is 57.4 Å². The lowest BCUT2D eigenvalue weighted by molar-refractivity contribution is -0.128. The minimum absolute atomic E-state index is 0.0494. The number of ether oxygens (including phenoxy) is 1. The van der Waals surface area contributed by atoms with Crippen molar-refractivity contribution in [3.8, 4) is 5.75 Å². The van der Waals surface area contributed by atoms with E-state index in [1.54, 1.807) is 26.0 Å². The number of nitrogens with one attached hydrogen (secondary N) is 1. The largest absolute Gasteiger partial charge is 0.478 e. The van der Waals surface area contributed by atoms with Crippen molar-refractivity contribution in [2.24, 2.45) is 0 Å². The highest BCUT2D eigenvalue weighted by atomic mass is 127. The maximum atomic E-state index is 13.9. The molecule has 2 rings (SSSR count). The number of carbonyl (C=O) groups excluding carboxylic acids is 1. The molecule has 0 aliphatic carbocycles. The van der Waals surface area contributed by atoms with Gasteiger partial charge in [0, 0.05) is 3.57 Å². The molecule has 2 aromatic rings. The van der Waals surface area contributed by atoms with Gasteiger partial charge in [-0.15, -0.1) is 0 Å². The fourth-order valence-electron chi connectivity index (χ4n) is 2.23. The zero-order valence-corrected chi connectivity index (χ0v) is 17.3. The van der Waals surface area contributed by atoms with Crippen LogP contribution in [0.3, 0.4) is 0 Å². The van der Waals surface area contributed by atoms with E-state index in [2.05, 4.69) is 26.1 Å². The van der Waals surface area contributed by atoms with Gasteiger partial charge in [0.25, 0.3) is 5.91 Å². The van der Waals surface area contributed by atoms with E-state index in [0.29, 0.717) is 5.75 Å². The molecule has 0 saturated carbocycles. The van der Waals surface area contributed by atoms with Crippen LogP contribution in [0.2, 0.25) is 0 Å². The number of anilines is 1. The Kier molecular flexibility index (Phi) is 5.76. The minimum Gasteiger partial charge on any atom is -0.478 e. The van der Waals surface area contributed by atoms with Crippen LogP contribution < -0.4 is 10.1 Å². The SMILES string of the molecule is CC(C)(Oc1ccc(C(C)(C)C)cc1)C(=O)Nc1ccc(I)cc1F. The van der Waals surface area contributed by atoms with Crippen molar-refractivity contribution in [1.29, 1.82) is 0 Å². The Morgan fingerprint density at radius 1 is 1.04 bits per heavy atom. The Morgan fingerprint density at radius 3 is 2.16 bits per heavy atom. The first kappa shape index (κ1) is 19.7. The maximum absolute atomic E-state index is 13.9. The van der Waals surface area contributed by atoms with Gasteiger partial charge in [0.05, 0.1) is 5.69 Å². The van der Waals surface area contributed by atoms with Gasteiger partial charge >= 0.3 is 0 Å². The first-order valence-electron chi connectivity index (χ1n) is 8.05. The van der Waals surface area contributed by atoms with Crippen molar-refractivity contribution >= 4 is 34.2 Å². The molecule has 1 amide bonds. The number of hydrogen-bond donors (Lipinski definition) is 1. The van der Waals surface area contributed by atoms with Gasteiger partial charge in [-0.3, -0.25) is 4.79 Å². The molecule has 0 bridgehead atoms. The topological polar surface area (TPSA) is 38.3 Å². The van der Waals surface area contributed by atoms with Gasteiger partial charge in [-0.1, -0.05) is 32.9 Å². The highest BCUT2D eigenvalue weighted by molar-refractivity contribution is 14.1. The number of halogens is 2. The molecular formula is C20H23FINO2. The molecule has 5 heteroatoms. The summed E-state index contributed by atoms with van der Waals surface area (Å²) in [5.41, 5.74) is 0.236. The molecule has 0 aliphatic rings. The minimum atomic E-state index is -1.14. The van der Waals surface area contributed by atoms with Gasteiger partial charge < -0.3 is 10.1 Å². The van der Waals surface area contributed by atoms with E-state index in [-0.39, 0.29) is 11.1 Å². The fraction of sp³-hybridized carbons (Fsp3) is 0.350. The molecule has 0 aromatic heterocycles. The van der Waals surface area contributed by atoms with Crippen LogP contribution in [0.25, 0.3) is 0 Å². The van der Waals surface area contributed by atoms with Crippen LogP contribution in [-0.2, 0) is 10.2 Å². The number of hydrogen-bond acceptors (Lipinski definition) is 2. The normalized spacial score (nSPS) is 12.0. The number of benzene rings is 2. The standard InChI is InChI=1S/C20H23FINO2/c1-19(2,3)13-6-9-15(10-7-13)25-20(4,5)18(24)23-17-11-8-14(22)12-16(17)21/h6-12H,1-5H3,(H,23,24). The Labute approximate surface area is 162 Å². The lowest BCUT2D eigenvalue weighted by Gasteiger charge is -2.26. The maximum Gasteiger partial charge on any atom is 0.268 e. The fourth-order valence-corrected chi connectivity index (χ4v) is 2.68. The Morgan fingerprint density at radius 2 is 1.64 bits per heavy atom. The smallest absolute Gasteiger partial charge is 0.268 e. The van der Waals surface area contributed by atoms with E-state index < -0.39 is 17.3 Å². The van der Waals surface area contributed by atoms with Crippen LogP contribution in [0.5, 0.6) is 5.75 Å². The summed E-state index contributed by atoms with van der Waals surface area (Å²) in [6, 6.07) is 12.3. The van der Waals surface area contributed by atoms with Gasteiger partial charge in [-0.05, 0) is 77.7 Å². The Hall–Kier alpha value is -1.63. The molecule has 0 atom stereocenters. The molecule has 0 spiro atoms. The van der Waals surface area contributed by atoms with Crippen molar-refractivity contribution in [3.63, 3.8) is 0 Å². The predicted molar refractivity (Wildman–Crippen MR) is 108 cm³/mol. The molecule has 1 N–H and O–H groups in total. The van der Waals surface area contributed by atoms with Gasteiger partial charge in [0.15, 0.2) is 5.60 Å². The number of amides is 1. The molecule has 0 radical (unpaired) electrons. The van der Waals surface area contributed by atoms with Crippen molar-refractivity contribution in [2.45, 2.75) is 45.6 Å². The van der Waals surface area contributed by atoms with E-state index >= 15 is 0 Å². The molecule has 0 saturated heterocycles. The van der Waals surface area contributed by atoms with Crippen LogP contribution in [0.15, 0.2) is 42.5 Å². The van der Waals surface area contributed by atoms with E-state index in [4.69, 9.17) is 4.74 Å². The van der Waals surface area contributed by atoms with Crippen LogP contribution in [0, 0.1) is 9.39 Å². The predicted octanol–water partition coefficient (Wildman–Crippen LogP) is 5.52. The summed E-state index contributed by atoms with van der Waals surface area (Å²) in [4.78, 5) is 12.5. The van der Waals surface area contributed by atoms with Crippen LogP contribution >= 0.6 is 22.6 Å². The zero-order chi connectivity index (χ0) is 18.8. The highest BCUT2D eigenvalue weighted by Gasteiger charge is 2.30. The highest BCUT2D eigenvalue weighted by Crippen LogP contribution is 2.27. The molecule has 134 valence electrons. The second kappa shape index (κ2) is 7.32. The molecule has 2 aromatic carbocycles. The third-order valence-electron chi connectivity index (χ3n) is 3.82. The molecule has 25 heavy (non-hydrogen) atoms. The molecule has 0 fully saturated rings. The summed E-state index contributed by atoms with van der Waals surface area (Å²) in [7, 11) is 0. The van der Waals surface area contributed by atoms with Crippen molar-refractivity contribution < 1.29 is 13.9 Å². The zero-order valence-electron chi connectivity index (χ0n) is 15.1. The van der Waals surface area contributed by atoms with Crippen LogP contribution in [0.4, 0.5) is 10.1 Å². The molecule has 0 unspecified atom stereocenters. The van der Waals surface area contributed by atoms with Gasteiger partial charge in [0.1, 0.15) is 11.6 Å². The van der Waals surface area contributed by atoms with Crippen molar-refractivity contribution in [1.82, 2.24) is 0 Å². The number of rotatable bonds is 4. The lowest BCUT2D eigenvalue weighted by atomic mass is 9.87. The summed E-state index contributed by atoms with van der Waals surface area (Å²) in [6.45, 7) is 9.72. The first-order valence-corrected chi connectivity index (χ1v) is 9.13. The summed E-state index contributed by atoms with van der Waals surface area (Å²) in [5, 5.41) is 2.59. The lowest BCUT2D eigenvalue weighted by Crippen LogP contribution is -2.42. The molecule has 3 nitrogen and oxygen atoms in total. The summed E-state index contributed by atoms with van der Waals surface area (Å²) >= 11 is 2.02. The van der Waals surface area contributed by atoms with Crippen LogP contribution in [-0.4, -0.2) is 11.5 Å². The average molecular weight is 455 g/mol. The molecular weight excluding hydrogens is 432 g/mol. The summed E-state index contributed by atoms with van der Waals surface area (Å²) in [6.07, 6.45) is 0. The molecule has 0 aliphatic heterocycles.